The van der Waals surface area contributed by atoms with Gasteiger partial charge in [-0.15, -0.1) is 0 Å². The summed E-state index contributed by atoms with van der Waals surface area (Å²) in [6.45, 7) is 6.11. The van der Waals surface area contributed by atoms with Crippen LogP contribution in [0.5, 0.6) is 0 Å². The fourth-order valence-electron chi connectivity index (χ4n) is 2.87. The van der Waals surface area contributed by atoms with E-state index >= 15 is 0 Å². The first kappa shape index (κ1) is 17.0. The number of benzene rings is 1. The van der Waals surface area contributed by atoms with Crippen molar-refractivity contribution in [1.82, 2.24) is 10.2 Å². The van der Waals surface area contributed by atoms with Crippen LogP contribution in [0.25, 0.3) is 11.0 Å². The number of aryl methyl sites for hydroxylation is 2. The lowest BCUT2D eigenvalue weighted by Gasteiger charge is -2.18. The Kier molecular flexibility index (Phi) is 4.48. The van der Waals surface area contributed by atoms with Crippen LogP contribution in [-0.2, 0) is 20.7 Å². The Morgan fingerprint density at radius 1 is 1.36 bits per heavy atom. The van der Waals surface area contributed by atoms with Crippen molar-refractivity contribution in [3.63, 3.8) is 0 Å². The number of nitrogens with one attached hydrogen (secondary N) is 1. The van der Waals surface area contributed by atoms with Crippen molar-refractivity contribution in [2.75, 3.05) is 13.1 Å². The van der Waals surface area contributed by atoms with E-state index in [0.717, 1.165) is 27.0 Å². The Hall–Kier alpha value is -2.83. The molecule has 0 bridgehead atoms. The van der Waals surface area contributed by atoms with Crippen LogP contribution < -0.4 is 5.32 Å². The van der Waals surface area contributed by atoms with Gasteiger partial charge >= 0.3 is 12.0 Å². The Bertz CT molecular complexity index is 855. The molecule has 0 saturated carbocycles. The van der Waals surface area contributed by atoms with E-state index in [1.54, 1.807) is 6.26 Å². The van der Waals surface area contributed by atoms with Crippen LogP contribution in [-0.4, -0.2) is 42.0 Å². The predicted molar refractivity (Wildman–Crippen MR) is 90.1 cm³/mol. The Morgan fingerprint density at radius 2 is 2.12 bits per heavy atom. The van der Waals surface area contributed by atoms with Gasteiger partial charge in [0.1, 0.15) is 5.58 Å². The van der Waals surface area contributed by atoms with E-state index in [1.807, 2.05) is 26.0 Å². The van der Waals surface area contributed by atoms with Gasteiger partial charge in [0.15, 0.2) is 6.10 Å². The molecule has 2 aromatic rings. The highest BCUT2D eigenvalue weighted by molar-refractivity contribution is 5.98. The lowest BCUT2D eigenvalue weighted by Crippen LogP contribution is -2.42. The minimum Gasteiger partial charge on any atom is -0.464 e. The summed E-state index contributed by atoms with van der Waals surface area (Å²) < 4.78 is 10.8. The van der Waals surface area contributed by atoms with Crippen LogP contribution in [0.1, 0.15) is 23.6 Å². The van der Waals surface area contributed by atoms with Gasteiger partial charge in [0.05, 0.1) is 12.7 Å². The fourth-order valence-corrected chi connectivity index (χ4v) is 2.87. The van der Waals surface area contributed by atoms with Gasteiger partial charge < -0.3 is 14.5 Å². The number of fused-ring (bicyclic) bond motifs is 1. The molecule has 1 aliphatic heterocycles. The number of imide groups is 1. The zero-order valence-corrected chi connectivity index (χ0v) is 14.4. The third-order valence-corrected chi connectivity index (χ3v) is 4.46. The topological polar surface area (TPSA) is 88.9 Å². The van der Waals surface area contributed by atoms with Gasteiger partial charge in [-0.1, -0.05) is 12.1 Å². The van der Waals surface area contributed by atoms with Crippen molar-refractivity contribution in [2.45, 2.75) is 33.3 Å². The van der Waals surface area contributed by atoms with Gasteiger partial charge in [-0.2, -0.15) is 0 Å². The summed E-state index contributed by atoms with van der Waals surface area (Å²) in [5.74, 6) is -1.06. The molecule has 1 saturated heterocycles. The van der Waals surface area contributed by atoms with Gasteiger partial charge in [0.2, 0.25) is 0 Å². The van der Waals surface area contributed by atoms with Gasteiger partial charge in [0.25, 0.3) is 5.91 Å². The fraction of sp³-hybridized carbons (Fsp3) is 0.389. The molecule has 0 aliphatic carbocycles. The van der Waals surface area contributed by atoms with Crippen LogP contribution in [0.15, 0.2) is 22.8 Å². The minimum atomic E-state index is -1.02. The van der Waals surface area contributed by atoms with E-state index in [9.17, 15) is 14.4 Å². The summed E-state index contributed by atoms with van der Waals surface area (Å²) in [6, 6.07) is 3.42. The summed E-state index contributed by atoms with van der Waals surface area (Å²) >= 11 is 0. The smallest absolute Gasteiger partial charge is 0.324 e. The van der Waals surface area contributed by atoms with Crippen LogP contribution in [0, 0.1) is 13.8 Å². The minimum absolute atomic E-state index is 0.000677. The lowest BCUT2D eigenvalue weighted by atomic mass is 10.0. The molecule has 1 N–H and O–H groups in total. The molecule has 132 valence electrons. The molecular formula is C18H20N2O5. The predicted octanol–water partition coefficient (Wildman–Crippen LogP) is 2.08. The molecule has 7 nitrogen and oxygen atoms in total. The molecule has 1 aromatic carbocycles. The Balaban J connectivity index is 1.67. The normalized spacial score (nSPS) is 15.3. The highest BCUT2D eigenvalue weighted by atomic mass is 16.5. The first-order valence-corrected chi connectivity index (χ1v) is 8.13. The van der Waals surface area contributed by atoms with E-state index in [4.69, 9.17) is 9.15 Å². The molecular weight excluding hydrogens is 324 g/mol. The number of urea groups is 1. The molecule has 0 unspecified atom stereocenters. The van der Waals surface area contributed by atoms with Crippen molar-refractivity contribution < 1.29 is 23.5 Å². The SMILES string of the molecule is Cc1ccc2c(CC(=O)O[C@@H](C)C(=O)N3CCNC3=O)coc2c1C. The molecule has 25 heavy (non-hydrogen) atoms. The third-order valence-electron chi connectivity index (χ3n) is 4.46. The summed E-state index contributed by atoms with van der Waals surface area (Å²) in [4.78, 5) is 36.9. The van der Waals surface area contributed by atoms with Gasteiger partial charge in [-0.3, -0.25) is 14.5 Å². The first-order chi connectivity index (χ1) is 11.9. The number of carbonyl (C=O) groups excluding carboxylic acids is 3. The number of furan rings is 1. The molecule has 3 amide bonds. The standard InChI is InChI=1S/C18H20N2O5/c1-10-4-5-14-13(9-24-16(14)11(10)2)8-15(21)25-12(3)17(22)20-7-6-19-18(20)23/h4-5,9,12H,6-8H2,1-3H3,(H,19,23)/t12-/m0/s1. The number of carbonyl (C=O) groups is 3. The van der Waals surface area contributed by atoms with Gasteiger partial charge in [-0.05, 0) is 31.9 Å². The van der Waals surface area contributed by atoms with Gasteiger partial charge in [0, 0.05) is 24.0 Å². The average Bonchev–Trinajstić information content (AvgIpc) is 3.17. The average molecular weight is 344 g/mol. The number of nitrogens with zero attached hydrogens (tertiary/aromatic N) is 1. The first-order valence-electron chi connectivity index (χ1n) is 8.13. The molecule has 3 rings (SSSR count). The molecule has 1 aromatic heterocycles. The number of amides is 3. The van der Waals surface area contributed by atoms with Crippen molar-refractivity contribution >= 4 is 28.9 Å². The number of hydrogen-bond donors (Lipinski definition) is 1. The summed E-state index contributed by atoms with van der Waals surface area (Å²) in [6.07, 6.45) is 0.524. The Morgan fingerprint density at radius 3 is 2.80 bits per heavy atom. The summed E-state index contributed by atoms with van der Waals surface area (Å²) in [5.41, 5.74) is 3.60. The van der Waals surface area contributed by atoms with Crippen molar-refractivity contribution in [3.8, 4) is 0 Å². The second-order valence-corrected chi connectivity index (χ2v) is 6.18. The monoisotopic (exact) mass is 344 g/mol. The van der Waals surface area contributed by atoms with Crippen molar-refractivity contribution in [1.29, 1.82) is 0 Å². The van der Waals surface area contributed by atoms with Crippen molar-refractivity contribution in [3.05, 3.63) is 35.1 Å². The zero-order valence-electron chi connectivity index (χ0n) is 14.4. The molecule has 1 aliphatic rings. The van der Waals surface area contributed by atoms with Crippen LogP contribution in [0.3, 0.4) is 0 Å². The van der Waals surface area contributed by atoms with E-state index in [-0.39, 0.29) is 13.0 Å². The molecule has 2 heterocycles. The largest absolute Gasteiger partial charge is 0.464 e. The number of esters is 1. The van der Waals surface area contributed by atoms with Crippen LogP contribution >= 0.6 is 0 Å². The Labute approximate surface area is 144 Å². The maximum Gasteiger partial charge on any atom is 0.324 e. The van der Waals surface area contributed by atoms with E-state index in [0.29, 0.717) is 12.1 Å². The quantitative estimate of drug-likeness (QED) is 0.858. The zero-order chi connectivity index (χ0) is 18.1. The van der Waals surface area contributed by atoms with E-state index in [2.05, 4.69) is 5.32 Å². The van der Waals surface area contributed by atoms with Crippen LogP contribution in [0.2, 0.25) is 0 Å². The maximum atomic E-state index is 12.2. The summed E-state index contributed by atoms with van der Waals surface area (Å²) in [5, 5.41) is 3.40. The van der Waals surface area contributed by atoms with Crippen LogP contribution in [0.4, 0.5) is 4.79 Å². The van der Waals surface area contributed by atoms with Crippen molar-refractivity contribution in [2.24, 2.45) is 0 Å². The molecule has 1 fully saturated rings. The van der Waals surface area contributed by atoms with E-state index < -0.39 is 24.0 Å². The lowest BCUT2D eigenvalue weighted by molar-refractivity contribution is -0.156. The molecule has 0 radical (unpaired) electrons. The third kappa shape index (κ3) is 3.22. The maximum absolute atomic E-state index is 12.2. The number of ether oxygens (including phenoxy) is 1. The molecule has 7 heteroatoms. The molecule has 1 atom stereocenters. The second kappa shape index (κ2) is 6.58. The van der Waals surface area contributed by atoms with E-state index in [1.165, 1.54) is 6.92 Å². The second-order valence-electron chi connectivity index (χ2n) is 6.18. The van der Waals surface area contributed by atoms with Gasteiger partial charge in [-0.25, -0.2) is 4.79 Å². The number of rotatable bonds is 4. The summed E-state index contributed by atoms with van der Waals surface area (Å²) in [7, 11) is 0. The molecule has 0 spiro atoms. The highest BCUT2D eigenvalue weighted by Crippen LogP contribution is 2.27. The highest BCUT2D eigenvalue weighted by Gasteiger charge is 2.31. The number of hydrogen-bond acceptors (Lipinski definition) is 5.